The molecule has 0 saturated heterocycles. The van der Waals surface area contributed by atoms with E-state index in [1.165, 1.54) is 0 Å². The third kappa shape index (κ3) is 1.48. The van der Waals surface area contributed by atoms with Crippen LogP contribution < -0.4 is 5.73 Å². The average Bonchev–Trinajstić information content (AvgIpc) is 1.99. The van der Waals surface area contributed by atoms with E-state index in [4.69, 9.17) is 17.3 Å². The first kappa shape index (κ1) is 8.41. The lowest BCUT2D eigenvalue weighted by atomic mass is 10.1. The fraction of sp³-hybridized carbons (Fsp3) is 0.333. The molecule has 0 fully saturated rings. The molecule has 0 unspecified atom stereocenters. The molecule has 1 rings (SSSR count). The molecule has 1 nitrogen and oxygen atoms in total. The van der Waals surface area contributed by atoms with Crippen molar-refractivity contribution in [1.29, 1.82) is 0 Å². The van der Waals surface area contributed by atoms with Crippen LogP contribution in [0.1, 0.15) is 18.1 Å². The highest BCUT2D eigenvalue weighted by Crippen LogP contribution is 2.24. The van der Waals surface area contributed by atoms with E-state index < -0.39 is 0 Å². The van der Waals surface area contributed by atoms with Gasteiger partial charge in [0.05, 0.1) is 0 Å². The Balaban J connectivity index is 3.29. The van der Waals surface area contributed by atoms with Crippen molar-refractivity contribution < 1.29 is 0 Å². The molecular formula is C9H12ClN. The third-order valence-electron chi connectivity index (χ3n) is 1.94. The molecule has 0 aromatic heterocycles. The maximum absolute atomic E-state index is 5.95. The Morgan fingerprint density at radius 1 is 1.45 bits per heavy atom. The largest absolute Gasteiger partial charge is 0.399 e. The van der Waals surface area contributed by atoms with Gasteiger partial charge in [0.1, 0.15) is 0 Å². The first-order valence-corrected chi connectivity index (χ1v) is 4.08. The number of anilines is 1. The predicted octanol–water partition coefficient (Wildman–Crippen LogP) is 2.79. The molecule has 0 aliphatic carbocycles. The Bertz CT molecular complexity index is 269. The van der Waals surface area contributed by atoms with E-state index in [0.717, 1.165) is 28.3 Å². The topological polar surface area (TPSA) is 26.0 Å². The lowest BCUT2D eigenvalue weighted by Crippen LogP contribution is -1.94. The maximum Gasteiger partial charge on any atom is 0.0442 e. The molecule has 0 saturated carbocycles. The van der Waals surface area contributed by atoms with Gasteiger partial charge in [-0.25, -0.2) is 0 Å². The summed E-state index contributed by atoms with van der Waals surface area (Å²) in [5, 5.41) is 0.819. The molecular weight excluding hydrogens is 158 g/mol. The first-order chi connectivity index (χ1) is 5.16. The second-order valence-corrected chi connectivity index (χ2v) is 3.00. The summed E-state index contributed by atoms with van der Waals surface area (Å²) in [6.07, 6.45) is 0.940. The van der Waals surface area contributed by atoms with Gasteiger partial charge in [0.2, 0.25) is 0 Å². The number of rotatable bonds is 1. The van der Waals surface area contributed by atoms with E-state index in [1.54, 1.807) is 0 Å². The van der Waals surface area contributed by atoms with Crippen LogP contribution >= 0.6 is 11.6 Å². The van der Waals surface area contributed by atoms with E-state index in [9.17, 15) is 0 Å². The lowest BCUT2D eigenvalue weighted by molar-refractivity contribution is 1.11. The van der Waals surface area contributed by atoms with Crippen molar-refractivity contribution in [2.75, 3.05) is 5.73 Å². The van der Waals surface area contributed by atoms with Gasteiger partial charge in [-0.05, 0) is 36.6 Å². The minimum absolute atomic E-state index is 0.819. The molecule has 0 heterocycles. The Labute approximate surface area is 72.2 Å². The van der Waals surface area contributed by atoms with Gasteiger partial charge in [0.25, 0.3) is 0 Å². The average molecular weight is 170 g/mol. The highest BCUT2D eigenvalue weighted by Gasteiger charge is 2.03. The van der Waals surface area contributed by atoms with E-state index in [-0.39, 0.29) is 0 Å². The summed E-state index contributed by atoms with van der Waals surface area (Å²) in [5.41, 5.74) is 8.80. The van der Waals surface area contributed by atoms with Crippen LogP contribution in [0.5, 0.6) is 0 Å². The summed E-state index contributed by atoms with van der Waals surface area (Å²) >= 11 is 5.95. The maximum atomic E-state index is 5.95. The summed E-state index contributed by atoms with van der Waals surface area (Å²) in [7, 11) is 0. The summed E-state index contributed by atoms with van der Waals surface area (Å²) < 4.78 is 0. The van der Waals surface area contributed by atoms with Gasteiger partial charge in [-0.15, -0.1) is 0 Å². The standard InChI is InChI=1S/C9H12ClN/c1-3-7-6(2)9(11)5-4-8(7)10/h4-5H,3,11H2,1-2H3. The van der Waals surface area contributed by atoms with Gasteiger partial charge >= 0.3 is 0 Å². The smallest absolute Gasteiger partial charge is 0.0442 e. The Hall–Kier alpha value is -0.690. The Morgan fingerprint density at radius 2 is 2.09 bits per heavy atom. The van der Waals surface area contributed by atoms with Crippen LogP contribution in [0.3, 0.4) is 0 Å². The fourth-order valence-corrected chi connectivity index (χ4v) is 1.51. The Morgan fingerprint density at radius 3 is 2.55 bits per heavy atom. The Kier molecular flexibility index (Phi) is 2.40. The molecule has 0 atom stereocenters. The monoisotopic (exact) mass is 169 g/mol. The van der Waals surface area contributed by atoms with Crippen molar-refractivity contribution in [2.24, 2.45) is 0 Å². The van der Waals surface area contributed by atoms with Crippen molar-refractivity contribution in [3.05, 3.63) is 28.3 Å². The number of hydrogen-bond acceptors (Lipinski definition) is 1. The number of nitrogen functional groups attached to an aromatic ring is 1. The highest BCUT2D eigenvalue weighted by atomic mass is 35.5. The number of halogens is 1. The second kappa shape index (κ2) is 3.14. The second-order valence-electron chi connectivity index (χ2n) is 2.59. The van der Waals surface area contributed by atoms with Crippen molar-refractivity contribution in [3.8, 4) is 0 Å². The zero-order valence-electron chi connectivity index (χ0n) is 6.82. The summed E-state index contributed by atoms with van der Waals surface area (Å²) in [4.78, 5) is 0. The van der Waals surface area contributed by atoms with Crippen LogP contribution in [0.25, 0.3) is 0 Å². The lowest BCUT2D eigenvalue weighted by Gasteiger charge is -2.07. The summed E-state index contributed by atoms with van der Waals surface area (Å²) in [5.74, 6) is 0. The van der Waals surface area contributed by atoms with Crippen LogP contribution in [0.15, 0.2) is 12.1 Å². The number of nitrogens with two attached hydrogens (primary N) is 1. The molecule has 1 aromatic rings. The molecule has 0 bridgehead atoms. The minimum Gasteiger partial charge on any atom is -0.399 e. The molecule has 60 valence electrons. The molecule has 0 amide bonds. The summed E-state index contributed by atoms with van der Waals surface area (Å²) in [6.45, 7) is 4.08. The SMILES string of the molecule is CCc1c(Cl)ccc(N)c1C. The van der Waals surface area contributed by atoms with Crippen molar-refractivity contribution in [1.82, 2.24) is 0 Å². The van der Waals surface area contributed by atoms with Gasteiger partial charge < -0.3 is 5.73 Å². The van der Waals surface area contributed by atoms with Crippen molar-refractivity contribution >= 4 is 17.3 Å². The number of hydrogen-bond donors (Lipinski definition) is 1. The van der Waals surface area contributed by atoms with Gasteiger partial charge in [0, 0.05) is 10.7 Å². The van der Waals surface area contributed by atoms with Crippen molar-refractivity contribution in [2.45, 2.75) is 20.3 Å². The quantitative estimate of drug-likeness (QED) is 0.643. The minimum atomic E-state index is 0.819. The summed E-state index contributed by atoms with van der Waals surface area (Å²) in [6, 6.07) is 3.69. The molecule has 2 heteroatoms. The van der Waals surface area contributed by atoms with E-state index >= 15 is 0 Å². The van der Waals surface area contributed by atoms with Crippen LogP contribution in [0.2, 0.25) is 5.02 Å². The molecule has 0 spiro atoms. The molecule has 0 aliphatic rings. The third-order valence-corrected chi connectivity index (χ3v) is 2.29. The van der Waals surface area contributed by atoms with Crippen molar-refractivity contribution in [3.63, 3.8) is 0 Å². The molecule has 0 radical (unpaired) electrons. The van der Waals surface area contributed by atoms with E-state index in [2.05, 4.69) is 6.92 Å². The van der Waals surface area contributed by atoms with Crippen LogP contribution in [0.4, 0.5) is 5.69 Å². The molecule has 1 aromatic carbocycles. The number of benzene rings is 1. The van der Waals surface area contributed by atoms with Crippen LogP contribution in [0, 0.1) is 6.92 Å². The fourth-order valence-electron chi connectivity index (χ4n) is 1.18. The highest BCUT2D eigenvalue weighted by molar-refractivity contribution is 6.31. The van der Waals surface area contributed by atoms with E-state index in [1.807, 2.05) is 19.1 Å². The first-order valence-electron chi connectivity index (χ1n) is 3.70. The van der Waals surface area contributed by atoms with Crippen LogP contribution in [-0.4, -0.2) is 0 Å². The molecule has 11 heavy (non-hydrogen) atoms. The van der Waals surface area contributed by atoms with Gasteiger partial charge in [-0.3, -0.25) is 0 Å². The zero-order valence-corrected chi connectivity index (χ0v) is 7.57. The molecule has 0 aliphatic heterocycles. The molecule has 2 N–H and O–H groups in total. The van der Waals surface area contributed by atoms with Crippen LogP contribution in [-0.2, 0) is 6.42 Å². The predicted molar refractivity (Wildman–Crippen MR) is 50.0 cm³/mol. The van der Waals surface area contributed by atoms with Gasteiger partial charge in [0.15, 0.2) is 0 Å². The zero-order chi connectivity index (χ0) is 8.43. The van der Waals surface area contributed by atoms with E-state index in [0.29, 0.717) is 0 Å². The van der Waals surface area contributed by atoms with Gasteiger partial charge in [-0.1, -0.05) is 18.5 Å². The normalized spacial score (nSPS) is 10.1. The van der Waals surface area contributed by atoms with Gasteiger partial charge in [-0.2, -0.15) is 0 Å².